The molecule has 1 saturated heterocycles. The number of nitrogens with two attached hydrogens (primary N) is 2. The first-order valence-corrected chi connectivity index (χ1v) is 6.07. The summed E-state index contributed by atoms with van der Waals surface area (Å²) in [4.78, 5) is 16.8. The number of hydrogen-bond donors (Lipinski definition) is 2. The normalized spacial score (nSPS) is 34.3. The summed E-state index contributed by atoms with van der Waals surface area (Å²) in [7, 11) is 2.04. The Morgan fingerprint density at radius 1 is 1.56 bits per heavy atom. The second-order valence-electron chi connectivity index (χ2n) is 5.14. The molecule has 0 aromatic heterocycles. The van der Waals surface area contributed by atoms with Gasteiger partial charge in [-0.3, -0.25) is 10.1 Å². The summed E-state index contributed by atoms with van der Waals surface area (Å²) in [5, 5.41) is 11.2. The van der Waals surface area contributed by atoms with Crippen LogP contribution in [0.25, 0.3) is 0 Å². The number of aliphatic imine (C=N–C) groups is 1. The van der Waals surface area contributed by atoms with Gasteiger partial charge in [0, 0.05) is 11.1 Å². The van der Waals surface area contributed by atoms with Gasteiger partial charge in [0.15, 0.2) is 5.84 Å². The van der Waals surface area contributed by atoms with E-state index in [0.29, 0.717) is 0 Å². The minimum absolute atomic E-state index is 0.00364. The Bertz CT molecular complexity index is 400. The fourth-order valence-corrected chi connectivity index (χ4v) is 2.83. The zero-order valence-corrected chi connectivity index (χ0v) is 10.5. The van der Waals surface area contributed by atoms with Gasteiger partial charge >= 0.3 is 0 Å². The largest absolute Gasteiger partial charge is 0.381 e. The van der Waals surface area contributed by atoms with Crippen LogP contribution in [-0.2, 0) is 0 Å². The lowest BCUT2D eigenvalue weighted by molar-refractivity contribution is -0.513. The van der Waals surface area contributed by atoms with Crippen molar-refractivity contribution < 1.29 is 4.92 Å². The van der Waals surface area contributed by atoms with Crippen molar-refractivity contribution in [3.8, 4) is 0 Å². The maximum Gasteiger partial charge on any atom is 0.290 e. The summed E-state index contributed by atoms with van der Waals surface area (Å²) in [5.74, 6) is 0.0679. The third kappa shape index (κ3) is 2.11. The van der Waals surface area contributed by atoms with Gasteiger partial charge in [-0.15, -0.1) is 0 Å². The lowest BCUT2D eigenvalue weighted by Crippen LogP contribution is -2.64. The lowest BCUT2D eigenvalue weighted by Gasteiger charge is -2.41. The lowest BCUT2D eigenvalue weighted by atomic mass is 9.72. The van der Waals surface area contributed by atoms with Crippen molar-refractivity contribution in [3.63, 3.8) is 0 Å². The van der Waals surface area contributed by atoms with Crippen LogP contribution >= 0.6 is 0 Å². The predicted molar refractivity (Wildman–Crippen MR) is 68.7 cm³/mol. The number of likely N-dealkylation sites (tertiary alicyclic amines) is 1. The Labute approximate surface area is 106 Å². The van der Waals surface area contributed by atoms with Crippen LogP contribution in [0.1, 0.15) is 12.8 Å². The Hall–Kier alpha value is -1.47. The van der Waals surface area contributed by atoms with E-state index in [-0.39, 0.29) is 11.8 Å². The zero-order valence-electron chi connectivity index (χ0n) is 10.5. The Morgan fingerprint density at radius 2 is 2.17 bits per heavy atom. The first-order chi connectivity index (χ1) is 8.45. The van der Waals surface area contributed by atoms with Crippen LogP contribution in [0.5, 0.6) is 0 Å². The molecule has 0 bridgehead atoms. The van der Waals surface area contributed by atoms with Crippen molar-refractivity contribution in [1.29, 1.82) is 0 Å². The van der Waals surface area contributed by atoms with Gasteiger partial charge in [-0.25, -0.2) is 4.99 Å². The van der Waals surface area contributed by atoms with Crippen LogP contribution in [0.15, 0.2) is 17.3 Å². The van der Waals surface area contributed by atoms with Gasteiger partial charge in [0.25, 0.3) is 6.04 Å². The van der Waals surface area contributed by atoms with E-state index in [1.165, 1.54) is 6.20 Å². The van der Waals surface area contributed by atoms with Gasteiger partial charge in [-0.1, -0.05) is 0 Å². The van der Waals surface area contributed by atoms with E-state index in [1.54, 1.807) is 6.08 Å². The highest BCUT2D eigenvalue weighted by molar-refractivity contribution is 5.88. The SMILES string of the molecule is CN1CCC(C2(N)C=CN=C(N)C2[N+](=O)[O-])CC1. The van der Waals surface area contributed by atoms with Gasteiger partial charge in [-0.2, -0.15) is 0 Å². The van der Waals surface area contributed by atoms with E-state index >= 15 is 0 Å². The molecule has 0 aliphatic carbocycles. The average Bonchev–Trinajstić information content (AvgIpc) is 2.28. The van der Waals surface area contributed by atoms with E-state index < -0.39 is 16.5 Å². The summed E-state index contributed by atoms with van der Waals surface area (Å²) >= 11 is 0. The van der Waals surface area contributed by atoms with Crippen molar-refractivity contribution >= 4 is 5.84 Å². The summed E-state index contributed by atoms with van der Waals surface area (Å²) in [6.45, 7) is 1.80. The fourth-order valence-electron chi connectivity index (χ4n) is 2.83. The minimum Gasteiger partial charge on any atom is -0.381 e. The van der Waals surface area contributed by atoms with Gasteiger partial charge < -0.3 is 16.4 Å². The highest BCUT2D eigenvalue weighted by Crippen LogP contribution is 2.33. The molecule has 0 amide bonds. The summed E-state index contributed by atoms with van der Waals surface area (Å²) in [5.41, 5.74) is 10.9. The van der Waals surface area contributed by atoms with Crippen molar-refractivity contribution in [2.45, 2.75) is 24.4 Å². The van der Waals surface area contributed by atoms with Gasteiger partial charge in [0.1, 0.15) is 5.54 Å². The summed E-state index contributed by atoms with van der Waals surface area (Å²) in [6, 6.07) is -1.11. The topological polar surface area (TPSA) is 111 Å². The molecule has 0 saturated carbocycles. The smallest absolute Gasteiger partial charge is 0.290 e. The molecule has 0 spiro atoms. The second-order valence-corrected chi connectivity index (χ2v) is 5.14. The number of hydrogen-bond acceptors (Lipinski definition) is 6. The van der Waals surface area contributed by atoms with Crippen LogP contribution in [0, 0.1) is 16.0 Å². The molecule has 1 fully saturated rings. The predicted octanol–water partition coefficient (Wildman–Crippen LogP) is -0.444. The second kappa shape index (κ2) is 4.66. The van der Waals surface area contributed by atoms with Gasteiger partial charge in [0.2, 0.25) is 0 Å². The van der Waals surface area contributed by atoms with Crippen LogP contribution in [-0.4, -0.2) is 47.4 Å². The molecule has 2 aliphatic rings. The molecule has 0 radical (unpaired) electrons. The number of nitro groups is 1. The van der Waals surface area contributed by atoms with Crippen molar-refractivity contribution in [1.82, 2.24) is 4.90 Å². The zero-order chi connectivity index (χ0) is 13.3. The maximum absolute atomic E-state index is 11.2. The molecule has 2 atom stereocenters. The molecule has 18 heavy (non-hydrogen) atoms. The number of nitrogens with zero attached hydrogens (tertiary/aromatic N) is 3. The first kappa shape index (κ1) is 13.0. The Morgan fingerprint density at radius 3 is 2.72 bits per heavy atom. The van der Waals surface area contributed by atoms with Crippen LogP contribution in [0.2, 0.25) is 0 Å². The Balaban J connectivity index is 2.25. The monoisotopic (exact) mass is 253 g/mol. The van der Waals surface area contributed by atoms with E-state index in [2.05, 4.69) is 9.89 Å². The van der Waals surface area contributed by atoms with Gasteiger partial charge in [0.05, 0.1) is 0 Å². The molecule has 2 aliphatic heterocycles. The summed E-state index contributed by atoms with van der Waals surface area (Å²) < 4.78 is 0. The van der Waals surface area contributed by atoms with Crippen molar-refractivity contribution in [3.05, 3.63) is 22.4 Å². The molecule has 2 unspecified atom stereocenters. The van der Waals surface area contributed by atoms with E-state index in [0.717, 1.165) is 25.9 Å². The standard InChI is InChI=1S/C11H19N5O2/c1-15-6-2-8(3-7-15)11(13)4-5-14-10(12)9(11)16(17)18/h4-5,8-9H,2-3,6-7,13H2,1H3,(H2,12,14). The molecule has 100 valence electrons. The third-order valence-corrected chi connectivity index (χ3v) is 3.98. The average molecular weight is 253 g/mol. The van der Waals surface area contributed by atoms with Crippen LogP contribution in [0.4, 0.5) is 0 Å². The molecule has 4 N–H and O–H groups in total. The fraction of sp³-hybridized carbons (Fsp3) is 0.727. The Kier molecular flexibility index (Phi) is 3.36. The number of amidine groups is 1. The molecule has 2 heterocycles. The van der Waals surface area contributed by atoms with E-state index in [4.69, 9.17) is 11.5 Å². The van der Waals surface area contributed by atoms with E-state index in [1.807, 2.05) is 7.05 Å². The molecular formula is C11H19N5O2. The van der Waals surface area contributed by atoms with Crippen molar-refractivity contribution in [2.24, 2.45) is 22.4 Å². The van der Waals surface area contributed by atoms with Gasteiger partial charge in [-0.05, 0) is 45.0 Å². The molecule has 7 heteroatoms. The number of piperidine rings is 1. The van der Waals surface area contributed by atoms with Crippen molar-refractivity contribution in [2.75, 3.05) is 20.1 Å². The molecule has 0 aromatic carbocycles. The maximum atomic E-state index is 11.2. The first-order valence-electron chi connectivity index (χ1n) is 6.07. The summed E-state index contributed by atoms with van der Waals surface area (Å²) in [6.07, 6.45) is 4.82. The van der Waals surface area contributed by atoms with Crippen LogP contribution < -0.4 is 11.5 Å². The molecular weight excluding hydrogens is 234 g/mol. The van der Waals surface area contributed by atoms with Crippen LogP contribution in [0.3, 0.4) is 0 Å². The minimum atomic E-state index is -1.11. The molecule has 0 aromatic rings. The number of rotatable bonds is 2. The quantitative estimate of drug-likeness (QED) is 0.511. The molecule has 2 rings (SSSR count). The highest BCUT2D eigenvalue weighted by Gasteiger charge is 2.51. The third-order valence-electron chi connectivity index (χ3n) is 3.98. The van der Waals surface area contributed by atoms with E-state index in [9.17, 15) is 10.1 Å². The highest BCUT2D eigenvalue weighted by atomic mass is 16.6. The molecule has 7 nitrogen and oxygen atoms in total.